The summed E-state index contributed by atoms with van der Waals surface area (Å²) in [6.07, 6.45) is 4.56. The predicted octanol–water partition coefficient (Wildman–Crippen LogP) is 1.65. The molecule has 0 atom stereocenters. The summed E-state index contributed by atoms with van der Waals surface area (Å²) < 4.78 is 0. The molecule has 1 heterocycles. The molecule has 19 heavy (non-hydrogen) atoms. The van der Waals surface area contributed by atoms with E-state index >= 15 is 0 Å². The molecule has 1 saturated heterocycles. The van der Waals surface area contributed by atoms with Gasteiger partial charge < -0.3 is 0 Å². The fourth-order valence-electron chi connectivity index (χ4n) is 1.49. The number of urea groups is 1. The van der Waals surface area contributed by atoms with Crippen molar-refractivity contribution < 1.29 is 14.4 Å². The van der Waals surface area contributed by atoms with Crippen LogP contribution in [0.25, 0.3) is 6.08 Å². The number of amides is 4. The second-order valence-electron chi connectivity index (χ2n) is 3.73. The molecule has 0 spiro atoms. The Balaban J connectivity index is 2.16. The lowest BCUT2D eigenvalue weighted by Crippen LogP contribution is -2.51. The van der Waals surface area contributed by atoms with E-state index in [2.05, 4.69) is 0 Å². The average Bonchev–Trinajstić information content (AvgIpc) is 2.32. The average molecular weight is 277 g/mol. The van der Waals surface area contributed by atoms with E-state index in [0.717, 1.165) is 5.56 Å². The second kappa shape index (κ2) is 5.49. The van der Waals surface area contributed by atoms with Crippen LogP contribution >= 0.6 is 11.6 Å². The lowest BCUT2D eigenvalue weighted by Gasteiger charge is -2.12. The third kappa shape index (κ3) is 3.29. The first-order valence-corrected chi connectivity index (χ1v) is 5.74. The van der Waals surface area contributed by atoms with Crippen molar-refractivity contribution in [3.05, 3.63) is 52.6 Å². The van der Waals surface area contributed by atoms with E-state index in [9.17, 15) is 14.4 Å². The Labute approximate surface area is 113 Å². The highest BCUT2D eigenvalue weighted by atomic mass is 35.5. The number of imide groups is 2. The van der Waals surface area contributed by atoms with E-state index in [4.69, 9.17) is 11.6 Å². The number of carbonyl (C=O) groups excluding carboxylic acids is 3. The summed E-state index contributed by atoms with van der Waals surface area (Å²) >= 11 is 5.82. The van der Waals surface area contributed by atoms with Crippen LogP contribution in [0.1, 0.15) is 5.56 Å². The molecule has 0 unspecified atom stereocenters. The van der Waals surface area contributed by atoms with Crippen LogP contribution < -0.4 is 10.6 Å². The molecule has 4 amide bonds. The fourth-order valence-corrected chi connectivity index (χ4v) is 1.69. The molecule has 0 aromatic heterocycles. The maximum absolute atomic E-state index is 11.4. The highest BCUT2D eigenvalue weighted by molar-refractivity contribution is 6.30. The van der Waals surface area contributed by atoms with Crippen LogP contribution in [-0.2, 0) is 9.59 Å². The molecule has 0 bridgehead atoms. The molecule has 1 fully saturated rings. The fraction of sp³-hybridized carbons (Fsp3) is 0. The van der Waals surface area contributed by atoms with Crippen LogP contribution in [0.5, 0.6) is 0 Å². The maximum Gasteiger partial charge on any atom is 0.328 e. The van der Waals surface area contributed by atoms with Crippen LogP contribution in [0.15, 0.2) is 42.0 Å². The van der Waals surface area contributed by atoms with Crippen LogP contribution in [0.4, 0.5) is 4.79 Å². The van der Waals surface area contributed by atoms with Gasteiger partial charge in [-0.3, -0.25) is 20.2 Å². The zero-order valence-electron chi connectivity index (χ0n) is 9.64. The molecule has 0 radical (unpaired) electrons. The van der Waals surface area contributed by atoms with Gasteiger partial charge in [-0.1, -0.05) is 35.9 Å². The van der Waals surface area contributed by atoms with Gasteiger partial charge in [-0.05, 0) is 23.8 Å². The molecule has 1 aliphatic rings. The molecule has 2 N–H and O–H groups in total. The molecule has 0 aliphatic carbocycles. The Morgan fingerprint density at radius 2 is 1.74 bits per heavy atom. The van der Waals surface area contributed by atoms with E-state index in [1.54, 1.807) is 24.3 Å². The van der Waals surface area contributed by atoms with Crippen LogP contribution in [0.3, 0.4) is 0 Å². The zero-order chi connectivity index (χ0) is 13.8. The number of allylic oxidation sites excluding steroid dienone is 2. The first-order chi connectivity index (χ1) is 9.06. The van der Waals surface area contributed by atoms with Gasteiger partial charge in [-0.2, -0.15) is 0 Å². The summed E-state index contributed by atoms with van der Waals surface area (Å²) in [6.45, 7) is 0. The number of carbonyl (C=O) groups is 3. The van der Waals surface area contributed by atoms with Crippen molar-refractivity contribution >= 4 is 35.5 Å². The van der Waals surface area contributed by atoms with E-state index in [0.29, 0.717) is 5.02 Å². The quantitative estimate of drug-likeness (QED) is 0.637. The molecular formula is C13H9ClN2O3. The predicted molar refractivity (Wildman–Crippen MR) is 70.3 cm³/mol. The molecule has 96 valence electrons. The Morgan fingerprint density at radius 1 is 1.05 bits per heavy atom. The Kier molecular flexibility index (Phi) is 3.77. The van der Waals surface area contributed by atoms with Gasteiger partial charge in [-0.25, -0.2) is 4.79 Å². The topological polar surface area (TPSA) is 75.3 Å². The minimum absolute atomic E-state index is 0.127. The van der Waals surface area contributed by atoms with Crippen molar-refractivity contribution in [1.29, 1.82) is 0 Å². The third-order valence-electron chi connectivity index (χ3n) is 2.34. The summed E-state index contributed by atoms with van der Waals surface area (Å²) in [5.41, 5.74) is 0.704. The molecule has 1 aliphatic heterocycles. The van der Waals surface area contributed by atoms with Gasteiger partial charge in [-0.15, -0.1) is 0 Å². The summed E-state index contributed by atoms with van der Waals surface area (Å²) in [7, 11) is 0. The number of rotatable bonds is 2. The van der Waals surface area contributed by atoms with E-state index in [1.807, 2.05) is 16.7 Å². The highest BCUT2D eigenvalue weighted by Gasteiger charge is 2.26. The molecule has 5 nitrogen and oxygen atoms in total. The lowest BCUT2D eigenvalue weighted by atomic mass is 10.1. The van der Waals surface area contributed by atoms with Crippen molar-refractivity contribution in [3.8, 4) is 0 Å². The third-order valence-corrected chi connectivity index (χ3v) is 2.58. The van der Waals surface area contributed by atoms with Gasteiger partial charge >= 0.3 is 6.03 Å². The number of hydrogen-bond donors (Lipinski definition) is 2. The molecule has 1 aromatic carbocycles. The number of halogens is 1. The molecule has 2 rings (SSSR count). The SMILES string of the molecule is O=C1NC(=O)C(=C/C=C/c2cccc(Cl)c2)C(=O)N1. The molecule has 6 heteroatoms. The molecular weight excluding hydrogens is 268 g/mol. The minimum Gasteiger partial charge on any atom is -0.273 e. The zero-order valence-corrected chi connectivity index (χ0v) is 10.4. The first-order valence-electron chi connectivity index (χ1n) is 5.37. The van der Waals surface area contributed by atoms with Gasteiger partial charge in [0, 0.05) is 5.02 Å². The number of benzene rings is 1. The lowest BCUT2D eigenvalue weighted by molar-refractivity contribution is -0.124. The molecule has 0 saturated carbocycles. The standard InChI is InChI=1S/C13H9ClN2O3/c14-9-5-1-3-8(7-9)4-2-6-10-11(17)15-13(19)16-12(10)18/h1-7H,(H2,15,16,17,18,19)/b4-2+. The normalized spacial score (nSPS) is 15.4. The largest absolute Gasteiger partial charge is 0.328 e. The highest BCUT2D eigenvalue weighted by Crippen LogP contribution is 2.12. The number of hydrogen-bond acceptors (Lipinski definition) is 3. The first kappa shape index (κ1) is 13.0. The number of nitrogens with one attached hydrogen (secondary N) is 2. The Bertz CT molecular complexity index is 598. The van der Waals surface area contributed by atoms with Crippen molar-refractivity contribution in [2.24, 2.45) is 0 Å². The number of barbiturate groups is 1. The smallest absolute Gasteiger partial charge is 0.273 e. The maximum atomic E-state index is 11.4. The summed E-state index contributed by atoms with van der Waals surface area (Å²) in [6, 6.07) is 6.27. The summed E-state index contributed by atoms with van der Waals surface area (Å²) in [4.78, 5) is 33.6. The monoisotopic (exact) mass is 276 g/mol. The van der Waals surface area contributed by atoms with Gasteiger partial charge in [0.25, 0.3) is 11.8 Å². The van der Waals surface area contributed by atoms with E-state index in [1.165, 1.54) is 12.2 Å². The van der Waals surface area contributed by atoms with Crippen molar-refractivity contribution in [1.82, 2.24) is 10.6 Å². The molecule has 1 aromatic rings. The second-order valence-corrected chi connectivity index (χ2v) is 4.17. The van der Waals surface area contributed by atoms with Crippen molar-refractivity contribution in [3.63, 3.8) is 0 Å². The van der Waals surface area contributed by atoms with Gasteiger partial charge in [0.1, 0.15) is 5.57 Å². The summed E-state index contributed by atoms with van der Waals surface area (Å²) in [5, 5.41) is 4.56. The van der Waals surface area contributed by atoms with Crippen LogP contribution in [0, 0.1) is 0 Å². The van der Waals surface area contributed by atoms with Crippen molar-refractivity contribution in [2.75, 3.05) is 0 Å². The van der Waals surface area contributed by atoms with Crippen LogP contribution in [-0.4, -0.2) is 17.8 Å². The van der Waals surface area contributed by atoms with Crippen LogP contribution in [0.2, 0.25) is 5.02 Å². The summed E-state index contributed by atoms with van der Waals surface area (Å²) in [5.74, 6) is -1.44. The Hall–Kier alpha value is -2.40. The van der Waals surface area contributed by atoms with Gasteiger partial charge in [0.15, 0.2) is 0 Å². The van der Waals surface area contributed by atoms with Gasteiger partial charge in [0.05, 0.1) is 0 Å². The van der Waals surface area contributed by atoms with Crippen molar-refractivity contribution in [2.45, 2.75) is 0 Å². The van der Waals surface area contributed by atoms with Gasteiger partial charge in [0.2, 0.25) is 0 Å². The van der Waals surface area contributed by atoms with E-state index in [-0.39, 0.29) is 5.57 Å². The Morgan fingerprint density at radius 3 is 2.37 bits per heavy atom. The minimum atomic E-state index is -0.814. The van der Waals surface area contributed by atoms with E-state index < -0.39 is 17.8 Å².